The third kappa shape index (κ3) is 7.96. The summed E-state index contributed by atoms with van der Waals surface area (Å²) in [6.07, 6.45) is 8.84. The van der Waals surface area contributed by atoms with Crippen molar-refractivity contribution in [2.24, 2.45) is 0 Å². The van der Waals surface area contributed by atoms with Crippen molar-refractivity contribution in [3.8, 4) is 0 Å². The van der Waals surface area contributed by atoms with E-state index in [1.54, 1.807) is 0 Å². The number of ether oxygens (including phenoxy) is 3. The Kier molecular flexibility index (Phi) is 8.66. The second kappa shape index (κ2) is 10.8. The van der Waals surface area contributed by atoms with Gasteiger partial charge < -0.3 is 14.2 Å². The largest absolute Gasteiger partial charge is 0.377 e. The Morgan fingerprint density at radius 3 is 2.30 bits per heavy atom. The van der Waals surface area contributed by atoms with E-state index in [2.05, 4.69) is 38.1 Å². The van der Waals surface area contributed by atoms with Crippen LogP contribution in [0.25, 0.3) is 0 Å². The normalized spacial score (nSPS) is 24.7. The van der Waals surface area contributed by atoms with E-state index >= 15 is 0 Å². The van der Waals surface area contributed by atoms with E-state index in [9.17, 15) is 0 Å². The molecule has 1 aromatic rings. The Hall–Kier alpha value is -0.900. The van der Waals surface area contributed by atoms with Crippen molar-refractivity contribution in [1.29, 1.82) is 0 Å². The van der Waals surface area contributed by atoms with E-state index in [0.717, 1.165) is 32.5 Å². The Morgan fingerprint density at radius 1 is 0.913 bits per heavy atom. The third-order valence-corrected chi connectivity index (χ3v) is 4.27. The molecule has 3 heteroatoms. The summed E-state index contributed by atoms with van der Waals surface area (Å²) in [4.78, 5) is 0. The van der Waals surface area contributed by atoms with Crippen molar-refractivity contribution < 1.29 is 14.2 Å². The maximum absolute atomic E-state index is 5.82. The summed E-state index contributed by atoms with van der Waals surface area (Å²) in [5, 5.41) is 0. The van der Waals surface area contributed by atoms with Gasteiger partial charge in [-0.15, -0.1) is 0 Å². The first kappa shape index (κ1) is 18.4. The SMILES string of the molecule is C[C@H]1C[C@H](C)OC(CCCCCCCOCc2ccccc2)O1. The molecule has 0 unspecified atom stereocenters. The van der Waals surface area contributed by atoms with Crippen LogP contribution in [0.2, 0.25) is 0 Å². The molecular weight excluding hydrogens is 288 g/mol. The molecule has 0 bridgehead atoms. The third-order valence-electron chi connectivity index (χ3n) is 4.27. The van der Waals surface area contributed by atoms with Gasteiger partial charge in [0.1, 0.15) is 0 Å². The fraction of sp³-hybridized carbons (Fsp3) is 0.700. The average Bonchev–Trinajstić information content (AvgIpc) is 2.53. The molecule has 0 spiro atoms. The maximum Gasteiger partial charge on any atom is 0.158 e. The molecule has 0 N–H and O–H groups in total. The van der Waals surface area contributed by atoms with E-state index in [1.807, 2.05) is 6.07 Å². The molecule has 0 amide bonds. The zero-order chi connectivity index (χ0) is 16.3. The van der Waals surface area contributed by atoms with Crippen LogP contribution in [0.4, 0.5) is 0 Å². The number of benzene rings is 1. The zero-order valence-corrected chi connectivity index (χ0v) is 14.7. The Balaban J connectivity index is 1.39. The quantitative estimate of drug-likeness (QED) is 0.562. The fourth-order valence-corrected chi connectivity index (χ4v) is 3.07. The molecule has 1 heterocycles. The number of hydrogen-bond donors (Lipinski definition) is 0. The monoisotopic (exact) mass is 320 g/mol. The lowest BCUT2D eigenvalue weighted by atomic mass is 10.1. The standard InChI is InChI=1S/C20H32O3/c1-17-15-18(2)23-20(22-17)13-9-4-3-5-10-14-21-16-19-11-7-6-8-12-19/h6-8,11-12,17-18,20H,3-5,9-10,13-16H2,1-2H3/t17-,18-/m0/s1. The van der Waals surface area contributed by atoms with Crippen LogP contribution in [0.5, 0.6) is 0 Å². The number of hydrogen-bond acceptors (Lipinski definition) is 3. The van der Waals surface area contributed by atoms with Gasteiger partial charge in [0.15, 0.2) is 6.29 Å². The first-order chi connectivity index (χ1) is 11.2. The fourth-order valence-electron chi connectivity index (χ4n) is 3.07. The first-order valence-corrected chi connectivity index (χ1v) is 9.16. The molecule has 1 fully saturated rings. The highest BCUT2D eigenvalue weighted by Crippen LogP contribution is 2.21. The Labute approximate surface area is 141 Å². The molecule has 2 atom stereocenters. The molecule has 0 aromatic heterocycles. The van der Waals surface area contributed by atoms with Crippen molar-refractivity contribution in [2.45, 2.75) is 83.9 Å². The Bertz CT molecular complexity index is 397. The van der Waals surface area contributed by atoms with Crippen LogP contribution in [0, 0.1) is 0 Å². The van der Waals surface area contributed by atoms with E-state index in [-0.39, 0.29) is 6.29 Å². The average molecular weight is 320 g/mol. The molecular formula is C20H32O3. The van der Waals surface area contributed by atoms with Gasteiger partial charge in [-0.25, -0.2) is 0 Å². The second-order valence-corrected chi connectivity index (χ2v) is 6.65. The molecule has 1 aromatic carbocycles. The van der Waals surface area contributed by atoms with Crippen LogP contribution < -0.4 is 0 Å². The summed E-state index contributed by atoms with van der Waals surface area (Å²) in [5.41, 5.74) is 1.25. The molecule has 3 nitrogen and oxygen atoms in total. The van der Waals surface area contributed by atoms with Gasteiger partial charge in [0.05, 0.1) is 18.8 Å². The van der Waals surface area contributed by atoms with Gasteiger partial charge in [0, 0.05) is 6.61 Å². The van der Waals surface area contributed by atoms with Crippen molar-refractivity contribution in [3.05, 3.63) is 35.9 Å². The molecule has 1 aliphatic rings. The van der Waals surface area contributed by atoms with Gasteiger partial charge in [-0.1, -0.05) is 49.6 Å². The molecule has 0 aliphatic carbocycles. The van der Waals surface area contributed by atoms with Crippen LogP contribution in [0.1, 0.15) is 64.4 Å². The molecule has 130 valence electrons. The summed E-state index contributed by atoms with van der Waals surface area (Å²) >= 11 is 0. The van der Waals surface area contributed by atoms with Crippen LogP contribution in [0.3, 0.4) is 0 Å². The van der Waals surface area contributed by atoms with E-state index in [0.29, 0.717) is 12.2 Å². The predicted molar refractivity (Wildman–Crippen MR) is 93.3 cm³/mol. The van der Waals surface area contributed by atoms with Gasteiger partial charge in [0.2, 0.25) is 0 Å². The van der Waals surface area contributed by atoms with Crippen LogP contribution in [-0.4, -0.2) is 25.1 Å². The summed E-state index contributed by atoms with van der Waals surface area (Å²) < 4.78 is 17.3. The number of unbranched alkanes of at least 4 members (excludes halogenated alkanes) is 4. The first-order valence-electron chi connectivity index (χ1n) is 9.16. The smallest absolute Gasteiger partial charge is 0.158 e. The van der Waals surface area contributed by atoms with E-state index in [1.165, 1.54) is 31.2 Å². The van der Waals surface area contributed by atoms with Crippen LogP contribution >= 0.6 is 0 Å². The van der Waals surface area contributed by atoms with Gasteiger partial charge in [-0.3, -0.25) is 0 Å². The second-order valence-electron chi connectivity index (χ2n) is 6.65. The highest BCUT2D eigenvalue weighted by Gasteiger charge is 2.24. The highest BCUT2D eigenvalue weighted by atomic mass is 16.7. The van der Waals surface area contributed by atoms with Gasteiger partial charge >= 0.3 is 0 Å². The molecule has 2 rings (SSSR count). The minimum Gasteiger partial charge on any atom is -0.377 e. The van der Waals surface area contributed by atoms with Crippen molar-refractivity contribution in [3.63, 3.8) is 0 Å². The highest BCUT2D eigenvalue weighted by molar-refractivity contribution is 5.13. The minimum atomic E-state index is 0.0166. The summed E-state index contributed by atoms with van der Waals surface area (Å²) in [6, 6.07) is 10.4. The maximum atomic E-state index is 5.82. The lowest BCUT2D eigenvalue weighted by molar-refractivity contribution is -0.236. The van der Waals surface area contributed by atoms with Crippen molar-refractivity contribution in [2.75, 3.05) is 6.61 Å². The summed E-state index contributed by atoms with van der Waals surface area (Å²) in [5.74, 6) is 0. The van der Waals surface area contributed by atoms with E-state index < -0.39 is 0 Å². The van der Waals surface area contributed by atoms with Gasteiger partial charge in [-0.05, 0) is 45.1 Å². The van der Waals surface area contributed by atoms with Gasteiger partial charge in [-0.2, -0.15) is 0 Å². The topological polar surface area (TPSA) is 27.7 Å². The van der Waals surface area contributed by atoms with Crippen LogP contribution in [-0.2, 0) is 20.8 Å². The summed E-state index contributed by atoms with van der Waals surface area (Å²) in [6.45, 7) is 5.87. The molecule has 0 radical (unpaired) electrons. The lowest BCUT2D eigenvalue weighted by Crippen LogP contribution is -2.35. The van der Waals surface area contributed by atoms with Crippen molar-refractivity contribution in [1.82, 2.24) is 0 Å². The molecule has 0 saturated carbocycles. The minimum absolute atomic E-state index is 0.0166. The lowest BCUT2D eigenvalue weighted by Gasteiger charge is -2.32. The van der Waals surface area contributed by atoms with Crippen LogP contribution in [0.15, 0.2) is 30.3 Å². The molecule has 1 saturated heterocycles. The molecule has 1 aliphatic heterocycles. The van der Waals surface area contributed by atoms with Crippen molar-refractivity contribution >= 4 is 0 Å². The Morgan fingerprint density at radius 2 is 1.57 bits per heavy atom. The van der Waals surface area contributed by atoms with E-state index in [4.69, 9.17) is 14.2 Å². The van der Waals surface area contributed by atoms with Gasteiger partial charge in [0.25, 0.3) is 0 Å². The molecule has 23 heavy (non-hydrogen) atoms. The number of rotatable bonds is 10. The predicted octanol–water partition coefficient (Wildman–Crippen LogP) is 5.08. The summed E-state index contributed by atoms with van der Waals surface area (Å²) in [7, 11) is 0. The zero-order valence-electron chi connectivity index (χ0n) is 14.7.